The molecule has 0 radical (unpaired) electrons. The molecular formula is C13H16N4. The van der Waals surface area contributed by atoms with Crippen molar-refractivity contribution in [2.45, 2.75) is 19.9 Å². The highest BCUT2D eigenvalue weighted by Crippen LogP contribution is 2.44. The van der Waals surface area contributed by atoms with Gasteiger partial charge >= 0.3 is 0 Å². The van der Waals surface area contributed by atoms with Crippen LogP contribution in [0.4, 0.5) is 5.69 Å². The van der Waals surface area contributed by atoms with Gasteiger partial charge < -0.3 is 10.6 Å². The summed E-state index contributed by atoms with van der Waals surface area (Å²) >= 11 is 0. The molecule has 2 N–H and O–H groups in total. The van der Waals surface area contributed by atoms with E-state index in [0.717, 1.165) is 42.0 Å². The van der Waals surface area contributed by atoms with Crippen LogP contribution in [0.5, 0.6) is 0 Å². The molecule has 1 aliphatic carbocycles. The maximum absolute atomic E-state index is 9.18. The molecule has 88 valence electrons. The van der Waals surface area contributed by atoms with E-state index in [2.05, 4.69) is 21.7 Å². The lowest BCUT2D eigenvalue weighted by Crippen LogP contribution is -2.22. The van der Waals surface area contributed by atoms with Gasteiger partial charge in [-0.3, -0.25) is 4.98 Å². The van der Waals surface area contributed by atoms with E-state index in [4.69, 9.17) is 0 Å². The van der Waals surface area contributed by atoms with Gasteiger partial charge in [-0.25, -0.2) is 0 Å². The minimum Gasteiger partial charge on any atom is -0.380 e. The Labute approximate surface area is 101 Å². The van der Waals surface area contributed by atoms with Crippen molar-refractivity contribution >= 4 is 5.69 Å². The van der Waals surface area contributed by atoms with E-state index >= 15 is 0 Å². The lowest BCUT2D eigenvalue weighted by Gasteiger charge is -2.12. The summed E-state index contributed by atoms with van der Waals surface area (Å²) in [5.41, 5.74) is 3.43. The molecule has 0 spiro atoms. The van der Waals surface area contributed by atoms with Crippen LogP contribution in [-0.4, -0.2) is 24.1 Å². The molecule has 0 aromatic carbocycles. The zero-order valence-corrected chi connectivity index (χ0v) is 10.1. The second kappa shape index (κ2) is 3.71. The number of aromatic nitrogens is 1. The van der Waals surface area contributed by atoms with Crippen LogP contribution in [0.3, 0.4) is 0 Å². The van der Waals surface area contributed by atoms with E-state index in [-0.39, 0.29) is 0 Å². The molecule has 4 heteroatoms. The van der Waals surface area contributed by atoms with Crippen molar-refractivity contribution in [3.05, 3.63) is 23.0 Å². The molecule has 2 atom stereocenters. The first-order valence-electron chi connectivity index (χ1n) is 6.06. The summed E-state index contributed by atoms with van der Waals surface area (Å²) in [6.45, 7) is 6.07. The molecular weight excluding hydrogens is 212 g/mol. The lowest BCUT2D eigenvalue weighted by atomic mass is 10.1. The highest BCUT2D eigenvalue weighted by Gasteiger charge is 2.53. The first-order chi connectivity index (χ1) is 8.20. The van der Waals surface area contributed by atoms with Gasteiger partial charge in [0.25, 0.3) is 0 Å². The summed E-state index contributed by atoms with van der Waals surface area (Å²) in [4.78, 5) is 4.33. The summed E-state index contributed by atoms with van der Waals surface area (Å²) in [6, 6.07) is 4.77. The SMILES string of the molecule is Cc1cc(NC2C3CNCC32)c(C#N)c(C)n1. The molecule has 4 nitrogen and oxygen atoms in total. The summed E-state index contributed by atoms with van der Waals surface area (Å²) in [5.74, 6) is 1.49. The molecule has 1 saturated heterocycles. The smallest absolute Gasteiger partial charge is 0.103 e. The third-order valence-electron chi connectivity index (χ3n) is 3.85. The van der Waals surface area contributed by atoms with Gasteiger partial charge in [0.1, 0.15) is 6.07 Å². The molecule has 3 rings (SSSR count). The minimum absolute atomic E-state index is 0.546. The number of anilines is 1. The Balaban J connectivity index is 1.85. The maximum Gasteiger partial charge on any atom is 0.103 e. The highest BCUT2D eigenvalue weighted by molar-refractivity contribution is 5.61. The van der Waals surface area contributed by atoms with Crippen molar-refractivity contribution < 1.29 is 0 Å². The number of fused-ring (bicyclic) bond motifs is 1. The number of nitrogens with zero attached hydrogens (tertiary/aromatic N) is 2. The Kier molecular flexibility index (Phi) is 2.30. The van der Waals surface area contributed by atoms with Crippen LogP contribution in [-0.2, 0) is 0 Å². The number of nitrogens with one attached hydrogen (secondary N) is 2. The predicted octanol–water partition coefficient (Wildman–Crippen LogP) is 1.20. The molecule has 1 aromatic rings. The first kappa shape index (κ1) is 10.5. The zero-order valence-electron chi connectivity index (χ0n) is 10.1. The number of rotatable bonds is 2. The van der Waals surface area contributed by atoms with Crippen molar-refractivity contribution in [2.24, 2.45) is 11.8 Å². The fraction of sp³-hybridized carbons (Fsp3) is 0.538. The van der Waals surface area contributed by atoms with Crippen LogP contribution in [0.1, 0.15) is 17.0 Å². The van der Waals surface area contributed by atoms with Crippen LogP contribution in [0.2, 0.25) is 0 Å². The van der Waals surface area contributed by atoms with Crippen molar-refractivity contribution in [3.63, 3.8) is 0 Å². The van der Waals surface area contributed by atoms with E-state index in [9.17, 15) is 5.26 Å². The Morgan fingerprint density at radius 1 is 1.41 bits per heavy atom. The van der Waals surface area contributed by atoms with Crippen LogP contribution < -0.4 is 10.6 Å². The standard InChI is InChI=1S/C13H16N4/c1-7-3-12(9(4-14)8(2)16-7)17-13-10-5-15-6-11(10)13/h3,10-11,13,15H,5-6H2,1-2H3,(H,16,17). The topological polar surface area (TPSA) is 60.7 Å². The Morgan fingerprint density at radius 2 is 2.12 bits per heavy atom. The van der Waals surface area contributed by atoms with Crippen LogP contribution in [0.15, 0.2) is 6.07 Å². The van der Waals surface area contributed by atoms with Gasteiger partial charge in [-0.15, -0.1) is 0 Å². The van der Waals surface area contributed by atoms with Crippen molar-refractivity contribution in [3.8, 4) is 6.07 Å². The monoisotopic (exact) mass is 228 g/mol. The van der Waals surface area contributed by atoms with E-state index in [0.29, 0.717) is 11.6 Å². The average Bonchev–Trinajstić information content (AvgIpc) is 2.74. The van der Waals surface area contributed by atoms with Crippen molar-refractivity contribution in [1.29, 1.82) is 5.26 Å². The fourth-order valence-corrected chi connectivity index (χ4v) is 2.90. The average molecular weight is 228 g/mol. The maximum atomic E-state index is 9.18. The Morgan fingerprint density at radius 3 is 2.76 bits per heavy atom. The number of pyridine rings is 1. The second-order valence-electron chi connectivity index (χ2n) is 5.04. The molecule has 17 heavy (non-hydrogen) atoms. The molecule has 1 saturated carbocycles. The summed E-state index contributed by atoms with van der Waals surface area (Å²) in [5, 5.41) is 16.1. The van der Waals surface area contributed by atoms with Gasteiger partial charge in [-0.05, 0) is 31.7 Å². The zero-order chi connectivity index (χ0) is 12.0. The third-order valence-corrected chi connectivity index (χ3v) is 3.85. The summed E-state index contributed by atoms with van der Waals surface area (Å²) in [7, 11) is 0. The van der Waals surface area contributed by atoms with E-state index in [1.165, 1.54) is 0 Å². The summed E-state index contributed by atoms with van der Waals surface area (Å²) in [6.07, 6.45) is 0. The second-order valence-corrected chi connectivity index (χ2v) is 5.04. The number of piperidine rings is 1. The largest absolute Gasteiger partial charge is 0.380 e. The van der Waals surface area contributed by atoms with E-state index in [1.54, 1.807) is 0 Å². The molecule has 1 aliphatic heterocycles. The van der Waals surface area contributed by atoms with Crippen LogP contribution in [0, 0.1) is 37.0 Å². The number of aryl methyl sites for hydroxylation is 2. The number of hydrogen-bond donors (Lipinski definition) is 2. The molecule has 0 amide bonds. The quantitative estimate of drug-likeness (QED) is 0.798. The van der Waals surface area contributed by atoms with Gasteiger partial charge in [-0.2, -0.15) is 5.26 Å². The van der Waals surface area contributed by atoms with Gasteiger partial charge in [-0.1, -0.05) is 0 Å². The number of nitriles is 1. The van der Waals surface area contributed by atoms with Crippen LogP contribution >= 0.6 is 0 Å². The first-order valence-corrected chi connectivity index (χ1v) is 6.06. The highest BCUT2D eigenvalue weighted by atomic mass is 15.1. The van der Waals surface area contributed by atoms with Crippen LogP contribution in [0.25, 0.3) is 0 Å². The Bertz CT molecular complexity index is 493. The van der Waals surface area contributed by atoms with Crippen molar-refractivity contribution in [2.75, 3.05) is 18.4 Å². The van der Waals surface area contributed by atoms with Gasteiger partial charge in [0, 0.05) is 24.8 Å². The molecule has 2 aliphatic rings. The molecule has 0 bridgehead atoms. The molecule has 2 unspecified atom stereocenters. The van der Waals surface area contributed by atoms with Crippen molar-refractivity contribution in [1.82, 2.24) is 10.3 Å². The Hall–Kier alpha value is -1.60. The minimum atomic E-state index is 0.546. The lowest BCUT2D eigenvalue weighted by molar-refractivity contribution is 0.696. The number of hydrogen-bond acceptors (Lipinski definition) is 4. The predicted molar refractivity (Wildman–Crippen MR) is 65.7 cm³/mol. The summed E-state index contributed by atoms with van der Waals surface area (Å²) < 4.78 is 0. The van der Waals surface area contributed by atoms with Gasteiger partial charge in [0.15, 0.2) is 0 Å². The van der Waals surface area contributed by atoms with Gasteiger partial charge in [0.2, 0.25) is 0 Å². The fourth-order valence-electron chi connectivity index (χ4n) is 2.90. The third kappa shape index (κ3) is 1.67. The molecule has 2 fully saturated rings. The molecule has 1 aromatic heterocycles. The molecule has 2 heterocycles. The van der Waals surface area contributed by atoms with Gasteiger partial charge in [0.05, 0.1) is 16.9 Å². The van der Waals surface area contributed by atoms with E-state index in [1.807, 2.05) is 19.9 Å². The van der Waals surface area contributed by atoms with E-state index < -0.39 is 0 Å². The normalized spacial score (nSPS) is 29.6.